The predicted octanol–water partition coefficient (Wildman–Crippen LogP) is 2.59. The molecule has 0 aromatic carbocycles. The highest BCUT2D eigenvalue weighted by Crippen LogP contribution is 2.25. The molecular formula is C9H10. The van der Waals surface area contributed by atoms with Gasteiger partial charge in [0.1, 0.15) is 0 Å². The minimum atomic E-state index is 1.23. The van der Waals surface area contributed by atoms with E-state index in [9.17, 15) is 0 Å². The quantitative estimate of drug-likeness (QED) is 0.496. The first kappa shape index (κ1) is 5.04. The Morgan fingerprint density at radius 2 is 2.33 bits per heavy atom. The van der Waals surface area contributed by atoms with Crippen molar-refractivity contribution >= 4 is 0 Å². The van der Waals surface area contributed by atoms with Crippen LogP contribution in [0.1, 0.15) is 19.3 Å². The Morgan fingerprint density at radius 1 is 1.44 bits per heavy atom. The van der Waals surface area contributed by atoms with Gasteiger partial charge in [-0.15, -0.1) is 0 Å². The third kappa shape index (κ3) is 1.13. The van der Waals surface area contributed by atoms with Crippen molar-refractivity contribution in [2.45, 2.75) is 19.3 Å². The van der Waals surface area contributed by atoms with Crippen LogP contribution in [0, 0.1) is 0 Å². The minimum absolute atomic E-state index is 1.23. The number of hydrogen-bond acceptors (Lipinski definition) is 0. The van der Waals surface area contributed by atoms with Crippen LogP contribution in [0.2, 0.25) is 0 Å². The molecule has 0 fully saturated rings. The SMILES string of the molecule is C1=C/C(=C\C2=CC2)CC1. The normalized spacial score (nSPS) is 27.1. The molecular weight excluding hydrogens is 108 g/mol. The molecule has 0 atom stereocenters. The van der Waals surface area contributed by atoms with Gasteiger partial charge in [0.05, 0.1) is 0 Å². The smallest absolute Gasteiger partial charge is 0.00945 e. The molecule has 2 aliphatic rings. The summed E-state index contributed by atoms with van der Waals surface area (Å²) in [6.07, 6.45) is 12.8. The van der Waals surface area contributed by atoms with Crippen LogP contribution in [0.5, 0.6) is 0 Å². The van der Waals surface area contributed by atoms with E-state index in [1.54, 1.807) is 0 Å². The van der Waals surface area contributed by atoms with Crippen LogP contribution in [0.3, 0.4) is 0 Å². The molecule has 46 valence electrons. The van der Waals surface area contributed by atoms with Crippen molar-refractivity contribution < 1.29 is 0 Å². The van der Waals surface area contributed by atoms with Gasteiger partial charge in [0.15, 0.2) is 0 Å². The summed E-state index contributed by atoms with van der Waals surface area (Å²) in [5.74, 6) is 0. The number of hydrogen-bond donors (Lipinski definition) is 0. The van der Waals surface area contributed by atoms with E-state index in [0.717, 1.165) is 0 Å². The second kappa shape index (κ2) is 1.87. The Bertz CT molecular complexity index is 204. The Kier molecular flexibility index (Phi) is 1.05. The molecule has 0 aromatic heterocycles. The lowest BCUT2D eigenvalue weighted by atomic mass is 10.2. The van der Waals surface area contributed by atoms with Gasteiger partial charge < -0.3 is 0 Å². The summed E-state index contributed by atoms with van der Waals surface area (Å²) in [6, 6.07) is 0. The number of rotatable bonds is 1. The van der Waals surface area contributed by atoms with Crippen LogP contribution in [0.15, 0.2) is 35.5 Å². The summed E-state index contributed by atoms with van der Waals surface area (Å²) < 4.78 is 0. The fourth-order valence-corrected chi connectivity index (χ4v) is 1.10. The molecule has 2 aliphatic carbocycles. The van der Waals surface area contributed by atoms with Gasteiger partial charge in [-0.2, -0.15) is 0 Å². The summed E-state index contributed by atoms with van der Waals surface area (Å²) in [6.45, 7) is 0. The zero-order valence-corrected chi connectivity index (χ0v) is 5.43. The van der Waals surface area contributed by atoms with Crippen LogP contribution in [0.4, 0.5) is 0 Å². The monoisotopic (exact) mass is 118 g/mol. The van der Waals surface area contributed by atoms with Crippen molar-refractivity contribution in [3.8, 4) is 0 Å². The predicted molar refractivity (Wildman–Crippen MR) is 39.2 cm³/mol. The molecule has 0 N–H and O–H groups in total. The van der Waals surface area contributed by atoms with Crippen LogP contribution in [-0.2, 0) is 0 Å². The maximum absolute atomic E-state index is 2.31. The van der Waals surface area contributed by atoms with Crippen molar-refractivity contribution in [2.24, 2.45) is 0 Å². The van der Waals surface area contributed by atoms with Gasteiger partial charge in [-0.25, -0.2) is 0 Å². The third-order valence-electron chi connectivity index (χ3n) is 1.74. The summed E-state index contributed by atoms with van der Waals surface area (Å²) in [4.78, 5) is 0. The molecule has 0 nitrogen and oxygen atoms in total. The zero-order valence-electron chi connectivity index (χ0n) is 5.43. The molecule has 0 saturated heterocycles. The topological polar surface area (TPSA) is 0 Å². The molecule has 0 aromatic rings. The Hall–Kier alpha value is -0.780. The molecule has 0 amide bonds. The van der Waals surface area contributed by atoms with Crippen molar-refractivity contribution in [1.29, 1.82) is 0 Å². The first-order valence-corrected chi connectivity index (χ1v) is 3.51. The van der Waals surface area contributed by atoms with E-state index >= 15 is 0 Å². The molecule has 0 aliphatic heterocycles. The van der Waals surface area contributed by atoms with Gasteiger partial charge in [0, 0.05) is 0 Å². The maximum atomic E-state index is 2.31. The molecule has 0 unspecified atom stereocenters. The van der Waals surface area contributed by atoms with E-state index < -0.39 is 0 Å². The van der Waals surface area contributed by atoms with E-state index in [4.69, 9.17) is 0 Å². The first-order chi connectivity index (χ1) is 4.45. The fourth-order valence-electron chi connectivity index (χ4n) is 1.10. The van der Waals surface area contributed by atoms with Crippen LogP contribution < -0.4 is 0 Å². The van der Waals surface area contributed by atoms with E-state index in [1.165, 1.54) is 30.4 Å². The Balaban J connectivity index is 2.10. The summed E-state index contributed by atoms with van der Waals surface area (Å²) in [7, 11) is 0. The molecule has 0 heterocycles. The van der Waals surface area contributed by atoms with E-state index in [0.29, 0.717) is 0 Å². The third-order valence-corrected chi connectivity index (χ3v) is 1.74. The Labute approximate surface area is 55.6 Å². The maximum Gasteiger partial charge on any atom is -0.00945 e. The summed E-state index contributed by atoms with van der Waals surface area (Å²) >= 11 is 0. The van der Waals surface area contributed by atoms with Gasteiger partial charge in [-0.05, 0) is 30.4 Å². The second-order valence-electron chi connectivity index (χ2n) is 2.64. The minimum Gasteiger partial charge on any atom is -0.0839 e. The van der Waals surface area contributed by atoms with Crippen LogP contribution in [0.25, 0.3) is 0 Å². The standard InChI is InChI=1S/C9H10/c1-2-4-8(3-1)7-9-5-6-9/h1,3,5,7H,2,4,6H2/b8-7+. The van der Waals surface area contributed by atoms with Gasteiger partial charge in [-0.3, -0.25) is 0 Å². The molecule has 2 rings (SSSR count). The van der Waals surface area contributed by atoms with Gasteiger partial charge >= 0.3 is 0 Å². The van der Waals surface area contributed by atoms with Crippen LogP contribution >= 0.6 is 0 Å². The molecule has 9 heavy (non-hydrogen) atoms. The highest BCUT2D eigenvalue weighted by molar-refractivity contribution is 5.40. The van der Waals surface area contributed by atoms with Gasteiger partial charge in [-0.1, -0.05) is 24.3 Å². The first-order valence-electron chi connectivity index (χ1n) is 3.51. The highest BCUT2D eigenvalue weighted by Gasteiger charge is 2.05. The summed E-state index contributed by atoms with van der Waals surface area (Å²) in [5.41, 5.74) is 3.04. The molecule has 0 spiro atoms. The van der Waals surface area contributed by atoms with Crippen LogP contribution in [-0.4, -0.2) is 0 Å². The second-order valence-corrected chi connectivity index (χ2v) is 2.64. The van der Waals surface area contributed by atoms with Crippen molar-refractivity contribution in [3.63, 3.8) is 0 Å². The van der Waals surface area contributed by atoms with Gasteiger partial charge in [0.25, 0.3) is 0 Å². The Morgan fingerprint density at radius 3 is 2.89 bits per heavy atom. The average Bonchev–Trinajstić information content (AvgIpc) is 2.46. The lowest BCUT2D eigenvalue weighted by molar-refractivity contribution is 1.06. The van der Waals surface area contributed by atoms with Crippen molar-refractivity contribution in [2.75, 3.05) is 0 Å². The molecule has 0 heteroatoms. The van der Waals surface area contributed by atoms with E-state index in [-0.39, 0.29) is 0 Å². The van der Waals surface area contributed by atoms with E-state index in [1.807, 2.05) is 0 Å². The lowest BCUT2D eigenvalue weighted by Crippen LogP contribution is -1.67. The van der Waals surface area contributed by atoms with Crippen molar-refractivity contribution in [3.05, 3.63) is 35.5 Å². The van der Waals surface area contributed by atoms with Crippen molar-refractivity contribution in [1.82, 2.24) is 0 Å². The largest absolute Gasteiger partial charge is 0.0839 e. The number of allylic oxidation sites excluding steroid dienone is 6. The fraction of sp³-hybridized carbons (Fsp3) is 0.333. The zero-order chi connectivity index (χ0) is 6.10. The average molecular weight is 118 g/mol. The molecule has 0 radical (unpaired) electrons. The molecule has 0 saturated carbocycles. The van der Waals surface area contributed by atoms with E-state index in [2.05, 4.69) is 24.3 Å². The molecule has 0 bridgehead atoms. The summed E-state index contributed by atoms with van der Waals surface area (Å²) in [5, 5.41) is 0. The van der Waals surface area contributed by atoms with Gasteiger partial charge in [0.2, 0.25) is 0 Å². The lowest BCUT2D eigenvalue weighted by Gasteiger charge is -1.87. The highest BCUT2D eigenvalue weighted by atomic mass is 14.1.